The maximum absolute atomic E-state index is 12.8. The first-order chi connectivity index (χ1) is 28.7. The molecule has 0 saturated carbocycles. The number of hydrogen-bond acceptors (Lipinski definition) is 14. The van der Waals surface area contributed by atoms with Crippen LogP contribution >= 0.6 is 0 Å². The number of ether oxygens (including phenoxy) is 4. The fourth-order valence-electron chi connectivity index (χ4n) is 6.77. The Labute approximate surface area is 352 Å². The average molecular weight is 848 g/mol. The Morgan fingerprint density at radius 1 is 0.867 bits per heavy atom. The van der Waals surface area contributed by atoms with Gasteiger partial charge in [0.25, 0.3) is 5.56 Å². The van der Waals surface area contributed by atoms with Crippen molar-refractivity contribution in [3.63, 3.8) is 0 Å². The number of aliphatic hydroxyl groups is 1. The van der Waals surface area contributed by atoms with E-state index in [1.165, 1.54) is 25.7 Å². The second kappa shape index (κ2) is 26.6. The molecule has 2 aromatic heterocycles. The second-order valence-electron chi connectivity index (χ2n) is 16.3. The van der Waals surface area contributed by atoms with Crippen LogP contribution in [0.2, 0.25) is 0 Å². The summed E-state index contributed by atoms with van der Waals surface area (Å²) in [5.74, 6) is -1.79. The summed E-state index contributed by atoms with van der Waals surface area (Å²) in [5, 5.41) is 13.3. The SMILES string of the molecule is CCCCCC/C=C/COC(=O)CCCCCCCCN(CCCCCC(=O)OC[C@@H]1O[C@H](n2c(=O)[nH]c3c(=O)[nH]c(N)nc32)C(=O)C1O)CCCNC(=O)OC(C)(C)C. The number of anilines is 1. The number of rotatable bonds is 29. The molecule has 0 radical (unpaired) electrons. The lowest BCUT2D eigenvalue weighted by molar-refractivity contribution is -0.150. The van der Waals surface area contributed by atoms with Crippen molar-refractivity contribution in [2.75, 3.05) is 45.1 Å². The number of unbranched alkanes of at least 4 members (excludes halogenated alkanes) is 11. The van der Waals surface area contributed by atoms with Crippen LogP contribution in [0.25, 0.3) is 11.2 Å². The number of nitrogens with zero attached hydrogens (tertiary/aromatic N) is 3. The van der Waals surface area contributed by atoms with Crippen molar-refractivity contribution < 1.29 is 43.2 Å². The van der Waals surface area contributed by atoms with Crippen LogP contribution < -0.4 is 22.3 Å². The number of aliphatic hydroxyl groups excluding tert-OH is 1. The zero-order valence-electron chi connectivity index (χ0n) is 36.1. The molecule has 1 unspecified atom stereocenters. The molecule has 338 valence electrons. The Hall–Kier alpha value is -4.55. The number of amides is 1. The van der Waals surface area contributed by atoms with Crippen LogP contribution in [0.5, 0.6) is 0 Å². The normalized spacial score (nSPS) is 16.9. The molecule has 1 fully saturated rings. The number of hydrogen-bond donors (Lipinski definition) is 5. The zero-order chi connectivity index (χ0) is 43.9. The number of nitrogens with two attached hydrogens (primary N) is 1. The molecule has 18 heteroatoms. The van der Waals surface area contributed by atoms with Gasteiger partial charge in [-0.2, -0.15) is 4.98 Å². The molecule has 1 saturated heterocycles. The number of H-pyrrole nitrogens is 2. The minimum atomic E-state index is -1.68. The first-order valence-corrected chi connectivity index (χ1v) is 21.7. The van der Waals surface area contributed by atoms with Crippen LogP contribution in [0.3, 0.4) is 0 Å². The first-order valence-electron chi connectivity index (χ1n) is 21.7. The summed E-state index contributed by atoms with van der Waals surface area (Å²) in [5.41, 5.74) is 3.04. The summed E-state index contributed by atoms with van der Waals surface area (Å²) >= 11 is 0. The molecule has 0 aliphatic carbocycles. The highest BCUT2D eigenvalue weighted by molar-refractivity contribution is 5.89. The van der Waals surface area contributed by atoms with Crippen LogP contribution in [0.1, 0.15) is 143 Å². The number of esters is 2. The van der Waals surface area contributed by atoms with Gasteiger partial charge in [0.2, 0.25) is 18.0 Å². The van der Waals surface area contributed by atoms with Gasteiger partial charge in [0.1, 0.15) is 31.0 Å². The van der Waals surface area contributed by atoms with Gasteiger partial charge in [-0.25, -0.2) is 14.2 Å². The smallest absolute Gasteiger partial charge is 0.407 e. The van der Waals surface area contributed by atoms with Gasteiger partial charge in [0, 0.05) is 19.4 Å². The van der Waals surface area contributed by atoms with E-state index in [1.807, 2.05) is 26.8 Å². The Morgan fingerprint density at radius 3 is 2.17 bits per heavy atom. The number of Topliss-reactive ketones (excluding diaryl/α,β-unsaturated/α-hetero) is 1. The molecule has 1 amide bonds. The van der Waals surface area contributed by atoms with Gasteiger partial charge in [-0.3, -0.25) is 29.1 Å². The number of nitrogen functional groups attached to an aromatic ring is 1. The summed E-state index contributed by atoms with van der Waals surface area (Å²) in [7, 11) is 0. The molecular weight excluding hydrogens is 778 g/mol. The molecule has 18 nitrogen and oxygen atoms in total. The minimum Gasteiger partial charge on any atom is -0.463 e. The van der Waals surface area contributed by atoms with Gasteiger partial charge < -0.3 is 40.0 Å². The number of ketones is 1. The van der Waals surface area contributed by atoms with Gasteiger partial charge >= 0.3 is 23.7 Å². The molecule has 1 aliphatic heterocycles. The number of aromatic amines is 2. The van der Waals surface area contributed by atoms with E-state index in [2.05, 4.69) is 38.2 Å². The Bertz CT molecular complexity index is 1780. The number of carbonyl (C=O) groups excluding carboxylic acids is 4. The average Bonchev–Trinajstić information content (AvgIpc) is 3.66. The lowest BCUT2D eigenvalue weighted by atomic mass is 10.1. The van der Waals surface area contributed by atoms with Gasteiger partial charge in [0.15, 0.2) is 11.2 Å². The maximum Gasteiger partial charge on any atom is 0.407 e. The Morgan fingerprint density at radius 2 is 1.48 bits per heavy atom. The molecule has 3 rings (SSSR count). The molecule has 60 heavy (non-hydrogen) atoms. The highest BCUT2D eigenvalue weighted by atomic mass is 16.6. The fourth-order valence-corrected chi connectivity index (χ4v) is 6.77. The monoisotopic (exact) mass is 848 g/mol. The predicted molar refractivity (Wildman–Crippen MR) is 226 cm³/mol. The van der Waals surface area contributed by atoms with Crippen LogP contribution in [-0.4, -0.2) is 111 Å². The third-order valence-electron chi connectivity index (χ3n) is 9.94. The highest BCUT2D eigenvalue weighted by Gasteiger charge is 2.45. The first kappa shape index (κ1) is 49.8. The maximum atomic E-state index is 12.8. The van der Waals surface area contributed by atoms with E-state index >= 15 is 0 Å². The van der Waals surface area contributed by atoms with Gasteiger partial charge in [-0.05, 0) is 85.4 Å². The largest absolute Gasteiger partial charge is 0.463 e. The summed E-state index contributed by atoms with van der Waals surface area (Å²) in [6.07, 6.45) is 14.6. The molecule has 6 N–H and O–H groups in total. The number of alkyl carbamates (subject to hydrolysis) is 1. The quantitative estimate of drug-likeness (QED) is 0.0315. The van der Waals surface area contributed by atoms with Crippen molar-refractivity contribution in [1.29, 1.82) is 0 Å². The second-order valence-corrected chi connectivity index (χ2v) is 16.3. The standard InChI is InChI=1S/C42H69N7O11/c1-5-6-7-8-11-14-20-28-57-31(50)22-16-12-9-10-13-18-25-48(27-21-24-44-41(56)60-42(2,3)4)26-19-15-17-23-32(51)58-29-30-34(52)35(53)38(59-30)49-36-33(45-40(49)55)37(54)47-39(43)46-36/h14,20,30,34,38,52H,5-13,15-19,21-29H2,1-4H3,(H,44,56)(H,45,55)(H3,43,46,47,54)/b20-14+/t30-,34?,38-/m0/s1. The van der Waals surface area contributed by atoms with Gasteiger partial charge in [0.05, 0.1) is 0 Å². The third-order valence-corrected chi connectivity index (χ3v) is 9.94. The van der Waals surface area contributed by atoms with Crippen molar-refractivity contribution in [2.24, 2.45) is 0 Å². The van der Waals surface area contributed by atoms with Crippen LogP contribution in [0.4, 0.5) is 10.7 Å². The number of aromatic nitrogens is 4. The minimum absolute atomic E-state index is 0.127. The van der Waals surface area contributed by atoms with Crippen molar-refractivity contribution in [3.05, 3.63) is 33.0 Å². The van der Waals surface area contributed by atoms with Crippen molar-refractivity contribution in [3.8, 4) is 0 Å². The van der Waals surface area contributed by atoms with E-state index in [0.717, 1.165) is 88.4 Å². The van der Waals surface area contributed by atoms with E-state index in [0.29, 0.717) is 26.0 Å². The number of allylic oxidation sites excluding steroid dienone is 1. The molecule has 3 heterocycles. The Kier molecular flexibility index (Phi) is 22.1. The number of nitrogens with one attached hydrogen (secondary N) is 3. The topological polar surface area (TPSA) is 250 Å². The van der Waals surface area contributed by atoms with Gasteiger partial charge in [-0.15, -0.1) is 0 Å². The molecule has 0 spiro atoms. The van der Waals surface area contributed by atoms with Gasteiger partial charge in [-0.1, -0.05) is 70.4 Å². The predicted octanol–water partition coefficient (Wildman–Crippen LogP) is 4.94. The van der Waals surface area contributed by atoms with Crippen molar-refractivity contribution in [1.82, 2.24) is 29.7 Å². The van der Waals surface area contributed by atoms with E-state index in [-0.39, 0.29) is 29.5 Å². The summed E-state index contributed by atoms with van der Waals surface area (Å²) in [6, 6.07) is 0. The molecule has 1 aliphatic rings. The van der Waals surface area contributed by atoms with E-state index in [9.17, 15) is 33.9 Å². The van der Waals surface area contributed by atoms with Crippen LogP contribution in [-0.2, 0) is 33.3 Å². The van der Waals surface area contributed by atoms with Crippen molar-refractivity contribution >= 4 is 40.9 Å². The van der Waals surface area contributed by atoms with Crippen molar-refractivity contribution in [2.45, 2.75) is 161 Å². The lowest BCUT2D eigenvalue weighted by Gasteiger charge is -2.23. The number of fused-ring (bicyclic) bond motifs is 1. The van der Waals surface area contributed by atoms with E-state index in [4.69, 9.17) is 24.7 Å². The molecular formula is C42H69N7O11. The van der Waals surface area contributed by atoms with E-state index in [1.54, 1.807) is 0 Å². The Balaban J connectivity index is 1.33. The highest BCUT2D eigenvalue weighted by Crippen LogP contribution is 2.27. The molecule has 2 aromatic rings. The van der Waals surface area contributed by atoms with Crippen LogP contribution in [0, 0.1) is 0 Å². The van der Waals surface area contributed by atoms with Crippen LogP contribution in [0.15, 0.2) is 21.7 Å². The molecule has 0 aromatic carbocycles. The zero-order valence-corrected chi connectivity index (χ0v) is 36.1. The third kappa shape index (κ3) is 18.4. The summed E-state index contributed by atoms with van der Waals surface area (Å²) in [4.78, 5) is 85.1. The summed E-state index contributed by atoms with van der Waals surface area (Å²) in [6.45, 7) is 10.6. The molecule has 0 bridgehead atoms. The number of carbonyl (C=O) groups is 4. The summed E-state index contributed by atoms with van der Waals surface area (Å²) < 4.78 is 22.4. The van der Waals surface area contributed by atoms with E-state index < -0.39 is 59.7 Å². The molecule has 3 atom stereocenters. The fraction of sp³-hybridized carbons (Fsp3) is 0.738. The number of imidazole rings is 1. The lowest BCUT2D eigenvalue weighted by Crippen LogP contribution is -2.35.